The molecule has 0 bridgehead atoms. The normalized spacial score (nSPS) is 14.6. The summed E-state index contributed by atoms with van der Waals surface area (Å²) in [4.78, 5) is 0. The Bertz CT molecular complexity index is 396. The molecule has 1 rings (SSSR count). The molecule has 0 heterocycles. The van der Waals surface area contributed by atoms with E-state index >= 15 is 0 Å². The van der Waals surface area contributed by atoms with Crippen LogP contribution in [-0.4, -0.2) is 16.7 Å². The van der Waals surface area contributed by atoms with Crippen molar-refractivity contribution >= 4 is 0 Å². The summed E-state index contributed by atoms with van der Waals surface area (Å²) in [5.74, 6) is 0. The van der Waals surface area contributed by atoms with E-state index in [2.05, 4.69) is 5.32 Å². The predicted molar refractivity (Wildman–Crippen MR) is 64.0 cm³/mol. The second kappa shape index (κ2) is 5.28. The molecule has 0 amide bonds. The fraction of sp³-hybridized carbons (Fsp3) is 0.538. The van der Waals surface area contributed by atoms with Gasteiger partial charge in [0.2, 0.25) is 0 Å². The third-order valence-corrected chi connectivity index (χ3v) is 2.93. The van der Waals surface area contributed by atoms with Gasteiger partial charge in [0.1, 0.15) is 0 Å². The van der Waals surface area contributed by atoms with Crippen LogP contribution in [-0.2, 0) is 12.7 Å². The lowest BCUT2D eigenvalue weighted by Gasteiger charge is -2.27. The van der Waals surface area contributed by atoms with Crippen LogP contribution in [0.2, 0.25) is 0 Å². The van der Waals surface area contributed by atoms with Gasteiger partial charge in [-0.1, -0.05) is 18.2 Å². The quantitative estimate of drug-likeness (QED) is 0.873. The molecule has 0 saturated heterocycles. The van der Waals surface area contributed by atoms with Gasteiger partial charge < -0.3 is 10.4 Å². The van der Waals surface area contributed by atoms with Crippen LogP contribution in [0.25, 0.3) is 0 Å². The lowest BCUT2D eigenvalue weighted by molar-refractivity contribution is -0.137. The van der Waals surface area contributed by atoms with E-state index < -0.39 is 17.3 Å². The van der Waals surface area contributed by atoms with Gasteiger partial charge in [-0.25, -0.2) is 0 Å². The zero-order chi connectivity index (χ0) is 14.0. The Morgan fingerprint density at radius 2 is 1.89 bits per heavy atom. The number of hydrogen-bond donors (Lipinski definition) is 2. The maximum absolute atomic E-state index is 12.5. The first-order chi connectivity index (χ1) is 8.10. The number of halogens is 3. The van der Waals surface area contributed by atoms with Crippen LogP contribution in [0.15, 0.2) is 24.3 Å². The third-order valence-electron chi connectivity index (χ3n) is 2.93. The van der Waals surface area contributed by atoms with Gasteiger partial charge in [0, 0.05) is 12.6 Å². The van der Waals surface area contributed by atoms with E-state index in [0.717, 1.165) is 12.1 Å². The molecule has 1 atom stereocenters. The lowest BCUT2D eigenvalue weighted by atomic mass is 10.0. The molecule has 0 aliphatic carbocycles. The standard InChI is InChI=1S/C13H18F3NO/c1-9(12(2,3)18)17-8-10-5-4-6-11(7-10)13(14,15)16/h4-7,9,17-18H,8H2,1-3H3. The van der Waals surface area contributed by atoms with Crippen LogP contribution in [0.1, 0.15) is 31.9 Å². The summed E-state index contributed by atoms with van der Waals surface area (Å²) >= 11 is 0. The van der Waals surface area contributed by atoms with Crippen molar-refractivity contribution in [1.29, 1.82) is 0 Å². The molecule has 102 valence electrons. The van der Waals surface area contributed by atoms with Gasteiger partial charge in [-0.05, 0) is 32.4 Å². The number of benzene rings is 1. The predicted octanol–water partition coefficient (Wildman–Crippen LogP) is 2.95. The summed E-state index contributed by atoms with van der Waals surface area (Å²) in [6, 6.07) is 4.95. The second-order valence-corrected chi connectivity index (χ2v) is 4.95. The summed E-state index contributed by atoms with van der Waals surface area (Å²) in [6.45, 7) is 5.37. The average molecular weight is 261 g/mol. The van der Waals surface area contributed by atoms with E-state index in [1.165, 1.54) is 6.07 Å². The van der Waals surface area contributed by atoms with Gasteiger partial charge >= 0.3 is 6.18 Å². The van der Waals surface area contributed by atoms with Gasteiger partial charge in [-0.2, -0.15) is 13.2 Å². The van der Waals surface area contributed by atoms with E-state index in [0.29, 0.717) is 5.56 Å². The molecule has 1 aromatic carbocycles. The first-order valence-corrected chi connectivity index (χ1v) is 5.72. The first-order valence-electron chi connectivity index (χ1n) is 5.72. The fourth-order valence-electron chi connectivity index (χ4n) is 1.38. The van der Waals surface area contributed by atoms with Gasteiger partial charge in [0.15, 0.2) is 0 Å². The molecule has 0 aliphatic heterocycles. The molecule has 2 N–H and O–H groups in total. The van der Waals surface area contributed by atoms with Crippen LogP contribution in [0, 0.1) is 0 Å². The topological polar surface area (TPSA) is 32.3 Å². The van der Waals surface area contributed by atoms with Gasteiger partial charge in [0.05, 0.1) is 11.2 Å². The van der Waals surface area contributed by atoms with Crippen molar-refractivity contribution in [2.24, 2.45) is 0 Å². The largest absolute Gasteiger partial charge is 0.416 e. The number of nitrogens with one attached hydrogen (secondary N) is 1. The lowest BCUT2D eigenvalue weighted by Crippen LogP contribution is -2.44. The highest BCUT2D eigenvalue weighted by Gasteiger charge is 2.30. The van der Waals surface area contributed by atoms with Crippen molar-refractivity contribution in [3.63, 3.8) is 0 Å². The Morgan fingerprint density at radius 1 is 1.28 bits per heavy atom. The van der Waals surface area contributed by atoms with Crippen LogP contribution < -0.4 is 5.32 Å². The molecule has 18 heavy (non-hydrogen) atoms. The van der Waals surface area contributed by atoms with E-state index in [1.807, 2.05) is 0 Å². The second-order valence-electron chi connectivity index (χ2n) is 4.95. The first kappa shape index (κ1) is 15.0. The van der Waals surface area contributed by atoms with E-state index in [4.69, 9.17) is 0 Å². The van der Waals surface area contributed by atoms with Crippen LogP contribution in [0.3, 0.4) is 0 Å². The number of alkyl halides is 3. The van der Waals surface area contributed by atoms with Crippen LogP contribution in [0.5, 0.6) is 0 Å². The highest BCUT2D eigenvalue weighted by molar-refractivity contribution is 5.25. The van der Waals surface area contributed by atoms with Crippen molar-refractivity contribution < 1.29 is 18.3 Å². The van der Waals surface area contributed by atoms with Crippen molar-refractivity contribution in [1.82, 2.24) is 5.32 Å². The summed E-state index contributed by atoms with van der Waals surface area (Å²) in [7, 11) is 0. The molecule has 1 unspecified atom stereocenters. The molecule has 0 aromatic heterocycles. The van der Waals surface area contributed by atoms with Crippen molar-refractivity contribution in [2.75, 3.05) is 0 Å². The summed E-state index contributed by atoms with van der Waals surface area (Å²) in [6.07, 6.45) is -4.32. The Balaban J connectivity index is 2.69. The minimum Gasteiger partial charge on any atom is -0.389 e. The van der Waals surface area contributed by atoms with Crippen molar-refractivity contribution in [2.45, 2.75) is 45.1 Å². The summed E-state index contributed by atoms with van der Waals surface area (Å²) in [5.41, 5.74) is -1.03. The number of aliphatic hydroxyl groups is 1. The molecule has 0 saturated carbocycles. The zero-order valence-corrected chi connectivity index (χ0v) is 10.7. The molecule has 5 heteroatoms. The Kier molecular flexibility index (Phi) is 4.40. The Hall–Kier alpha value is -1.07. The molecule has 0 radical (unpaired) electrons. The molecule has 0 aliphatic rings. The Morgan fingerprint density at radius 3 is 2.39 bits per heavy atom. The van der Waals surface area contributed by atoms with Gasteiger partial charge in [-0.15, -0.1) is 0 Å². The molecule has 0 fully saturated rings. The molecule has 0 spiro atoms. The van der Waals surface area contributed by atoms with Crippen molar-refractivity contribution in [3.05, 3.63) is 35.4 Å². The SMILES string of the molecule is CC(NCc1cccc(C(F)(F)F)c1)C(C)(C)O. The fourth-order valence-corrected chi connectivity index (χ4v) is 1.38. The number of rotatable bonds is 4. The third kappa shape index (κ3) is 4.31. The van der Waals surface area contributed by atoms with E-state index in [9.17, 15) is 18.3 Å². The maximum atomic E-state index is 12.5. The van der Waals surface area contributed by atoms with Crippen LogP contribution in [0.4, 0.5) is 13.2 Å². The maximum Gasteiger partial charge on any atom is 0.416 e. The molecular weight excluding hydrogens is 243 g/mol. The highest BCUT2D eigenvalue weighted by Crippen LogP contribution is 2.29. The van der Waals surface area contributed by atoms with Gasteiger partial charge in [-0.3, -0.25) is 0 Å². The minimum atomic E-state index is -4.32. The highest BCUT2D eigenvalue weighted by atomic mass is 19.4. The Labute approximate surface area is 105 Å². The smallest absolute Gasteiger partial charge is 0.389 e. The molecule has 2 nitrogen and oxygen atoms in total. The minimum absolute atomic E-state index is 0.216. The van der Waals surface area contributed by atoms with E-state index in [-0.39, 0.29) is 12.6 Å². The number of hydrogen-bond acceptors (Lipinski definition) is 2. The van der Waals surface area contributed by atoms with E-state index in [1.54, 1.807) is 26.8 Å². The summed E-state index contributed by atoms with van der Waals surface area (Å²) < 4.78 is 37.5. The summed E-state index contributed by atoms with van der Waals surface area (Å²) in [5, 5.41) is 12.7. The monoisotopic (exact) mass is 261 g/mol. The van der Waals surface area contributed by atoms with Gasteiger partial charge in [0.25, 0.3) is 0 Å². The molecule has 1 aromatic rings. The zero-order valence-electron chi connectivity index (χ0n) is 10.7. The average Bonchev–Trinajstić information content (AvgIpc) is 2.23. The molecular formula is C13H18F3NO. The van der Waals surface area contributed by atoms with Crippen molar-refractivity contribution in [3.8, 4) is 0 Å². The van der Waals surface area contributed by atoms with Crippen LogP contribution >= 0.6 is 0 Å².